The van der Waals surface area contributed by atoms with Gasteiger partial charge in [-0.3, -0.25) is 10.1 Å². The maximum Gasteiger partial charge on any atom is 0.272 e. The molecule has 1 aliphatic rings. The smallest absolute Gasteiger partial charge is 0.272 e. The minimum atomic E-state index is -0.437. The molecule has 0 aliphatic carbocycles. The van der Waals surface area contributed by atoms with Crippen molar-refractivity contribution in [2.24, 2.45) is 5.73 Å². The van der Waals surface area contributed by atoms with Crippen molar-refractivity contribution < 1.29 is 9.66 Å². The topological polar surface area (TPSA) is 78.4 Å². The van der Waals surface area contributed by atoms with E-state index in [-0.39, 0.29) is 5.69 Å². The van der Waals surface area contributed by atoms with E-state index in [9.17, 15) is 10.1 Å². The summed E-state index contributed by atoms with van der Waals surface area (Å²) in [5, 5.41) is 11.5. The van der Waals surface area contributed by atoms with Crippen molar-refractivity contribution in [1.29, 1.82) is 0 Å². The predicted octanol–water partition coefficient (Wildman–Crippen LogP) is 2.30. The lowest BCUT2D eigenvalue weighted by Crippen LogP contribution is -2.47. The monoisotopic (exact) mass is 270 g/mol. The molecule has 0 spiro atoms. The van der Waals surface area contributed by atoms with E-state index in [1.165, 1.54) is 12.1 Å². The lowest BCUT2D eigenvalue weighted by molar-refractivity contribution is -0.385. The average Bonchev–Trinajstić information content (AvgIpc) is 2.28. The fourth-order valence-corrected chi connectivity index (χ4v) is 2.40. The van der Waals surface area contributed by atoms with Crippen LogP contribution < -0.4 is 5.73 Å². The van der Waals surface area contributed by atoms with E-state index in [4.69, 9.17) is 22.1 Å². The van der Waals surface area contributed by atoms with Crippen molar-refractivity contribution >= 4 is 17.3 Å². The fraction of sp³-hybridized carbons (Fsp3) is 0.500. The molecular weight excluding hydrogens is 256 g/mol. The molecule has 5 nitrogen and oxygen atoms in total. The number of nitro benzene ring substituents is 1. The first-order chi connectivity index (χ1) is 8.50. The Balaban J connectivity index is 2.26. The number of nitrogens with zero attached hydrogens (tertiary/aromatic N) is 1. The van der Waals surface area contributed by atoms with Gasteiger partial charge in [0, 0.05) is 35.4 Å². The highest BCUT2D eigenvalue weighted by Crippen LogP contribution is 2.29. The van der Waals surface area contributed by atoms with Crippen molar-refractivity contribution in [3.05, 3.63) is 38.9 Å². The lowest BCUT2D eigenvalue weighted by Gasteiger charge is -2.33. The molecule has 1 fully saturated rings. The summed E-state index contributed by atoms with van der Waals surface area (Å²) in [5.41, 5.74) is 6.50. The Morgan fingerprint density at radius 2 is 2.11 bits per heavy atom. The van der Waals surface area contributed by atoms with Crippen LogP contribution in [0.15, 0.2) is 18.2 Å². The largest absolute Gasteiger partial charge is 0.381 e. The van der Waals surface area contributed by atoms with Gasteiger partial charge in [0.2, 0.25) is 0 Å². The fourth-order valence-electron chi connectivity index (χ4n) is 2.21. The summed E-state index contributed by atoms with van der Waals surface area (Å²) in [7, 11) is 0. The normalized spacial score (nSPS) is 18.6. The van der Waals surface area contributed by atoms with Crippen LogP contribution in [0.1, 0.15) is 18.4 Å². The molecule has 0 saturated carbocycles. The van der Waals surface area contributed by atoms with Crippen molar-refractivity contribution in [3.8, 4) is 0 Å². The zero-order valence-corrected chi connectivity index (χ0v) is 10.7. The minimum absolute atomic E-state index is 0.0794. The molecule has 0 bridgehead atoms. The van der Waals surface area contributed by atoms with Crippen LogP contribution in [0.4, 0.5) is 5.69 Å². The molecule has 0 radical (unpaired) electrons. The summed E-state index contributed by atoms with van der Waals surface area (Å²) in [6.07, 6.45) is 1.86. The maximum atomic E-state index is 11.0. The van der Waals surface area contributed by atoms with Crippen LogP contribution in [0, 0.1) is 10.1 Å². The molecule has 1 heterocycles. The van der Waals surface area contributed by atoms with Crippen LogP contribution in [-0.2, 0) is 11.2 Å². The molecular formula is C12H15ClN2O3. The lowest BCUT2D eigenvalue weighted by atomic mass is 9.84. The molecule has 1 saturated heterocycles. The summed E-state index contributed by atoms with van der Waals surface area (Å²) in [4.78, 5) is 10.6. The molecule has 6 heteroatoms. The zero-order chi connectivity index (χ0) is 13.2. The Hall–Kier alpha value is -1.17. The van der Waals surface area contributed by atoms with Crippen molar-refractivity contribution in [3.63, 3.8) is 0 Å². The van der Waals surface area contributed by atoms with Gasteiger partial charge in [0.1, 0.15) is 0 Å². The second kappa shape index (κ2) is 5.22. The van der Waals surface area contributed by atoms with Crippen molar-refractivity contribution in [2.75, 3.05) is 13.2 Å². The molecule has 0 unspecified atom stereocenters. The number of hydrogen-bond donors (Lipinski definition) is 1. The Labute approximate surface area is 110 Å². The molecule has 0 amide bonds. The van der Waals surface area contributed by atoms with Crippen LogP contribution >= 0.6 is 11.6 Å². The number of nitro groups is 1. The van der Waals surface area contributed by atoms with Gasteiger partial charge in [0.15, 0.2) is 0 Å². The van der Waals surface area contributed by atoms with E-state index in [1.807, 2.05) is 0 Å². The number of rotatable bonds is 3. The van der Waals surface area contributed by atoms with Gasteiger partial charge < -0.3 is 10.5 Å². The van der Waals surface area contributed by atoms with Crippen molar-refractivity contribution in [1.82, 2.24) is 0 Å². The summed E-state index contributed by atoms with van der Waals surface area (Å²) >= 11 is 5.90. The third-order valence-electron chi connectivity index (χ3n) is 3.27. The van der Waals surface area contributed by atoms with E-state index in [2.05, 4.69) is 0 Å². The number of nitrogens with two attached hydrogens (primary N) is 1. The second-order valence-corrected chi connectivity index (χ2v) is 5.12. The van der Waals surface area contributed by atoms with Gasteiger partial charge >= 0.3 is 0 Å². The first-order valence-electron chi connectivity index (χ1n) is 5.80. The van der Waals surface area contributed by atoms with Crippen molar-refractivity contribution in [2.45, 2.75) is 24.8 Å². The Morgan fingerprint density at radius 1 is 1.44 bits per heavy atom. The van der Waals surface area contributed by atoms with E-state index in [1.54, 1.807) is 6.07 Å². The van der Waals surface area contributed by atoms with Gasteiger partial charge in [-0.15, -0.1) is 0 Å². The summed E-state index contributed by atoms with van der Waals surface area (Å²) in [6, 6.07) is 4.58. The standard InChI is InChI=1S/C12H15ClN2O3/c13-10-1-2-11(15(16)17)9(7-10)8-12(14)3-5-18-6-4-12/h1-2,7H,3-6,8,14H2. The maximum absolute atomic E-state index is 11.0. The van der Waals surface area contributed by atoms with Gasteiger partial charge in [0.05, 0.1) is 4.92 Å². The molecule has 1 aromatic carbocycles. The molecule has 18 heavy (non-hydrogen) atoms. The average molecular weight is 271 g/mol. The first kappa shape index (κ1) is 13.3. The number of ether oxygens (including phenoxy) is 1. The second-order valence-electron chi connectivity index (χ2n) is 4.68. The Kier molecular flexibility index (Phi) is 3.85. The van der Waals surface area contributed by atoms with E-state index in [0.29, 0.717) is 43.1 Å². The SMILES string of the molecule is NC1(Cc2cc(Cl)ccc2[N+](=O)[O-])CCOCC1. The third-order valence-corrected chi connectivity index (χ3v) is 3.50. The Morgan fingerprint density at radius 3 is 2.72 bits per heavy atom. The predicted molar refractivity (Wildman–Crippen MR) is 68.8 cm³/mol. The third kappa shape index (κ3) is 2.98. The first-order valence-corrected chi connectivity index (χ1v) is 6.17. The molecule has 0 aromatic heterocycles. The summed E-state index contributed by atoms with van der Waals surface area (Å²) in [6.45, 7) is 1.20. The molecule has 1 aromatic rings. The quantitative estimate of drug-likeness (QED) is 0.675. The number of hydrogen-bond acceptors (Lipinski definition) is 4. The van der Waals surface area contributed by atoms with Gasteiger partial charge in [-0.2, -0.15) is 0 Å². The molecule has 2 rings (SSSR count). The summed E-state index contributed by atoms with van der Waals surface area (Å²) in [5.74, 6) is 0. The zero-order valence-electron chi connectivity index (χ0n) is 9.89. The van der Waals surface area contributed by atoms with Crippen LogP contribution in [0.25, 0.3) is 0 Å². The molecule has 0 atom stereocenters. The van der Waals surface area contributed by atoms with E-state index >= 15 is 0 Å². The van der Waals surface area contributed by atoms with Crippen LogP contribution in [-0.4, -0.2) is 23.7 Å². The Bertz CT molecular complexity index is 459. The highest BCUT2D eigenvalue weighted by molar-refractivity contribution is 6.30. The molecule has 98 valence electrons. The van der Waals surface area contributed by atoms with Gasteiger partial charge in [0.25, 0.3) is 5.69 Å². The van der Waals surface area contributed by atoms with Crippen LogP contribution in [0.2, 0.25) is 5.02 Å². The van der Waals surface area contributed by atoms with Crippen LogP contribution in [0.5, 0.6) is 0 Å². The highest BCUT2D eigenvalue weighted by Gasteiger charge is 2.30. The van der Waals surface area contributed by atoms with Gasteiger partial charge in [-0.25, -0.2) is 0 Å². The van der Waals surface area contributed by atoms with Gasteiger partial charge in [-0.1, -0.05) is 11.6 Å². The molecule has 2 N–H and O–H groups in total. The van der Waals surface area contributed by atoms with E-state index < -0.39 is 10.5 Å². The number of benzene rings is 1. The van der Waals surface area contributed by atoms with Crippen LogP contribution in [0.3, 0.4) is 0 Å². The highest BCUT2D eigenvalue weighted by atomic mass is 35.5. The van der Waals surface area contributed by atoms with Gasteiger partial charge in [-0.05, 0) is 31.4 Å². The summed E-state index contributed by atoms with van der Waals surface area (Å²) < 4.78 is 5.26. The minimum Gasteiger partial charge on any atom is -0.381 e. The molecule has 1 aliphatic heterocycles. The number of halogens is 1. The van der Waals surface area contributed by atoms with E-state index in [0.717, 1.165) is 0 Å².